The first-order valence-corrected chi connectivity index (χ1v) is 5.02. The van der Waals surface area contributed by atoms with Gasteiger partial charge in [-0.25, -0.2) is 9.61 Å². The van der Waals surface area contributed by atoms with E-state index in [4.69, 9.17) is 0 Å². The normalized spacial score (nSPS) is 11.4. The van der Waals surface area contributed by atoms with Gasteiger partial charge in [-0.2, -0.15) is 10.2 Å². The minimum atomic E-state index is -0.237. The van der Waals surface area contributed by atoms with E-state index in [2.05, 4.69) is 31.2 Å². The molecule has 0 aliphatic heterocycles. The van der Waals surface area contributed by atoms with Crippen LogP contribution in [0.2, 0.25) is 0 Å². The lowest BCUT2D eigenvalue weighted by Gasteiger charge is -1.97. The molecule has 0 atom stereocenters. The average Bonchev–Trinajstić information content (AvgIpc) is 2.45. The highest BCUT2D eigenvalue weighted by atomic mass is 79.9. The van der Waals surface area contributed by atoms with Gasteiger partial charge in [-0.15, -0.1) is 0 Å². The Morgan fingerprint density at radius 1 is 1.57 bits per heavy atom. The zero-order valence-corrected chi connectivity index (χ0v) is 9.37. The molecule has 74 valence electrons. The highest BCUT2D eigenvalue weighted by molar-refractivity contribution is 9.10. The predicted molar refractivity (Wildman–Crippen MR) is 55.4 cm³/mol. The van der Waals surface area contributed by atoms with E-state index in [0.717, 1.165) is 10.2 Å². The first kappa shape index (κ1) is 9.39. The van der Waals surface area contributed by atoms with Crippen molar-refractivity contribution < 1.29 is 0 Å². The smallest absolute Gasteiger partial charge is 0.265 e. The van der Waals surface area contributed by atoms with Gasteiger partial charge in [-0.1, -0.05) is 13.8 Å². The van der Waals surface area contributed by atoms with Crippen LogP contribution in [0.5, 0.6) is 0 Å². The minimum absolute atomic E-state index is 0.237. The molecule has 0 saturated carbocycles. The topological polar surface area (TPSA) is 63.1 Å². The van der Waals surface area contributed by atoms with Crippen molar-refractivity contribution in [3.05, 3.63) is 26.8 Å². The molecule has 0 radical (unpaired) electrons. The van der Waals surface area contributed by atoms with Crippen LogP contribution in [0.25, 0.3) is 5.52 Å². The van der Waals surface area contributed by atoms with Gasteiger partial charge < -0.3 is 0 Å². The van der Waals surface area contributed by atoms with Crippen LogP contribution in [-0.2, 0) is 0 Å². The van der Waals surface area contributed by atoms with E-state index in [1.807, 2.05) is 13.8 Å². The Labute approximate surface area is 88.3 Å². The second-order valence-electron chi connectivity index (χ2n) is 3.33. The van der Waals surface area contributed by atoms with E-state index in [1.54, 1.807) is 0 Å². The molecule has 2 rings (SSSR count). The summed E-state index contributed by atoms with van der Waals surface area (Å²) in [4.78, 5) is 11.4. The first-order valence-electron chi connectivity index (χ1n) is 4.22. The number of hydrogen-bond donors (Lipinski definition) is 1. The van der Waals surface area contributed by atoms with Crippen LogP contribution in [0.3, 0.4) is 0 Å². The van der Waals surface area contributed by atoms with Gasteiger partial charge in [0.15, 0.2) is 0 Å². The molecule has 6 heteroatoms. The summed E-state index contributed by atoms with van der Waals surface area (Å²) in [5.41, 5.74) is 1.13. The molecule has 1 N–H and O–H groups in total. The second kappa shape index (κ2) is 3.20. The van der Waals surface area contributed by atoms with Crippen molar-refractivity contribution in [2.45, 2.75) is 19.8 Å². The first-order chi connectivity index (χ1) is 6.61. The Kier molecular flexibility index (Phi) is 2.14. The lowest BCUT2D eigenvalue weighted by atomic mass is 10.1. The minimum Gasteiger partial charge on any atom is -0.265 e. The standard InChI is InChI=1S/C8H9BrN4O/c1-4(2)6-5(9)7-8(14)11-10-3-13(7)12-6/h3-4H,1-2H3,(H,11,14). The van der Waals surface area contributed by atoms with Crippen molar-refractivity contribution in [3.8, 4) is 0 Å². The van der Waals surface area contributed by atoms with E-state index in [-0.39, 0.29) is 11.5 Å². The summed E-state index contributed by atoms with van der Waals surface area (Å²) >= 11 is 3.37. The summed E-state index contributed by atoms with van der Waals surface area (Å²) in [5.74, 6) is 0.267. The average molecular weight is 257 g/mol. The molecule has 2 heterocycles. The maximum atomic E-state index is 11.4. The van der Waals surface area contributed by atoms with E-state index in [0.29, 0.717) is 5.52 Å². The van der Waals surface area contributed by atoms with Crippen LogP contribution < -0.4 is 5.56 Å². The SMILES string of the molecule is CC(C)c1nn2cn[nH]c(=O)c2c1Br. The molecule has 0 aliphatic carbocycles. The van der Waals surface area contributed by atoms with Gasteiger partial charge in [0.1, 0.15) is 11.8 Å². The summed E-state index contributed by atoms with van der Waals surface area (Å²) in [6.45, 7) is 4.04. The summed E-state index contributed by atoms with van der Waals surface area (Å²) < 4.78 is 2.23. The summed E-state index contributed by atoms with van der Waals surface area (Å²) in [5, 5.41) is 10.3. The molecule has 0 bridgehead atoms. The number of rotatable bonds is 1. The Balaban J connectivity index is 2.88. The van der Waals surface area contributed by atoms with E-state index >= 15 is 0 Å². The van der Waals surface area contributed by atoms with Crippen molar-refractivity contribution in [1.82, 2.24) is 19.8 Å². The van der Waals surface area contributed by atoms with E-state index < -0.39 is 0 Å². The molecule has 14 heavy (non-hydrogen) atoms. The number of aromatic nitrogens is 4. The molecule has 5 nitrogen and oxygen atoms in total. The molecule has 0 spiro atoms. The number of aromatic amines is 1. The van der Waals surface area contributed by atoms with Gasteiger partial charge in [0.05, 0.1) is 10.2 Å². The van der Waals surface area contributed by atoms with E-state index in [1.165, 1.54) is 10.8 Å². The van der Waals surface area contributed by atoms with Gasteiger partial charge in [-0.3, -0.25) is 4.79 Å². The quantitative estimate of drug-likeness (QED) is 0.837. The maximum Gasteiger partial charge on any atom is 0.291 e. The Morgan fingerprint density at radius 2 is 2.29 bits per heavy atom. The van der Waals surface area contributed by atoms with Gasteiger partial charge in [0, 0.05) is 0 Å². The van der Waals surface area contributed by atoms with Crippen molar-refractivity contribution in [2.24, 2.45) is 0 Å². The van der Waals surface area contributed by atoms with Gasteiger partial charge >= 0.3 is 0 Å². The van der Waals surface area contributed by atoms with Crippen LogP contribution in [0.1, 0.15) is 25.5 Å². The Morgan fingerprint density at radius 3 is 2.86 bits per heavy atom. The molecule has 0 amide bonds. The zero-order chi connectivity index (χ0) is 10.3. The maximum absolute atomic E-state index is 11.4. The Bertz CT molecular complexity index is 528. The number of hydrogen-bond acceptors (Lipinski definition) is 3. The summed E-state index contributed by atoms with van der Waals surface area (Å²) in [6.07, 6.45) is 1.48. The van der Waals surface area contributed by atoms with Crippen LogP contribution in [0.4, 0.5) is 0 Å². The number of fused-ring (bicyclic) bond motifs is 1. The molecule has 0 unspecified atom stereocenters. The van der Waals surface area contributed by atoms with Gasteiger partial charge in [0.25, 0.3) is 5.56 Å². The van der Waals surface area contributed by atoms with Gasteiger partial charge in [0.2, 0.25) is 0 Å². The van der Waals surface area contributed by atoms with E-state index in [9.17, 15) is 4.79 Å². The van der Waals surface area contributed by atoms with Crippen LogP contribution in [-0.4, -0.2) is 19.8 Å². The monoisotopic (exact) mass is 256 g/mol. The van der Waals surface area contributed by atoms with Crippen molar-refractivity contribution >= 4 is 21.4 Å². The fourth-order valence-corrected chi connectivity index (χ4v) is 2.18. The van der Waals surface area contributed by atoms with Crippen molar-refractivity contribution in [3.63, 3.8) is 0 Å². The van der Waals surface area contributed by atoms with Crippen LogP contribution >= 0.6 is 15.9 Å². The second-order valence-corrected chi connectivity index (χ2v) is 4.13. The third kappa shape index (κ3) is 1.26. The van der Waals surface area contributed by atoms with Crippen LogP contribution in [0.15, 0.2) is 15.6 Å². The zero-order valence-electron chi connectivity index (χ0n) is 7.78. The largest absolute Gasteiger partial charge is 0.291 e. The molecular formula is C8H9BrN4O. The Hall–Kier alpha value is -1.17. The molecule has 0 aromatic carbocycles. The third-order valence-corrected chi connectivity index (χ3v) is 2.75. The molecule has 0 aliphatic rings. The highest BCUT2D eigenvalue weighted by Crippen LogP contribution is 2.25. The molecule has 2 aromatic rings. The summed E-state index contributed by atoms with van der Waals surface area (Å²) in [6, 6.07) is 0. The number of nitrogens with zero attached hydrogens (tertiary/aromatic N) is 3. The summed E-state index contributed by atoms with van der Waals surface area (Å²) in [7, 11) is 0. The fourth-order valence-electron chi connectivity index (χ4n) is 1.28. The molecule has 2 aromatic heterocycles. The van der Waals surface area contributed by atoms with Gasteiger partial charge in [-0.05, 0) is 21.8 Å². The van der Waals surface area contributed by atoms with Crippen molar-refractivity contribution in [1.29, 1.82) is 0 Å². The number of halogens is 1. The number of H-pyrrole nitrogens is 1. The third-order valence-electron chi connectivity index (χ3n) is 1.97. The predicted octanol–water partition coefficient (Wildman–Crippen LogP) is 1.30. The fraction of sp³-hybridized carbons (Fsp3) is 0.375. The molecule has 0 saturated heterocycles. The lowest BCUT2D eigenvalue weighted by Crippen LogP contribution is -2.11. The molecule has 0 fully saturated rings. The lowest BCUT2D eigenvalue weighted by molar-refractivity contribution is 0.767. The van der Waals surface area contributed by atoms with Crippen LogP contribution in [0, 0.1) is 0 Å². The number of nitrogens with one attached hydrogen (secondary N) is 1. The molecular weight excluding hydrogens is 248 g/mol. The highest BCUT2D eigenvalue weighted by Gasteiger charge is 2.15. The van der Waals surface area contributed by atoms with Crippen molar-refractivity contribution in [2.75, 3.05) is 0 Å².